The quantitative estimate of drug-likeness (QED) is 0.569. The average Bonchev–Trinajstić information content (AvgIpc) is 3.26. The Balaban J connectivity index is 1.35. The van der Waals surface area contributed by atoms with Crippen molar-refractivity contribution in [3.05, 3.63) is 53.4 Å². The number of likely N-dealkylation sites (tertiary alicyclic amines) is 1. The second-order valence-corrected chi connectivity index (χ2v) is 11.4. The van der Waals surface area contributed by atoms with Gasteiger partial charge in [-0.05, 0) is 79.7 Å². The highest BCUT2D eigenvalue weighted by Gasteiger charge is 2.50. The summed E-state index contributed by atoms with van der Waals surface area (Å²) in [5, 5.41) is 19.1. The lowest BCUT2D eigenvalue weighted by molar-refractivity contribution is -0.136. The summed E-state index contributed by atoms with van der Waals surface area (Å²) >= 11 is 0. The molecule has 0 unspecified atom stereocenters. The van der Waals surface area contributed by atoms with Gasteiger partial charge >= 0.3 is 0 Å². The molecule has 0 radical (unpaired) electrons. The van der Waals surface area contributed by atoms with Crippen LogP contribution in [0.4, 0.5) is 5.82 Å². The Kier molecular flexibility index (Phi) is 4.60. The number of benzene rings is 1. The van der Waals surface area contributed by atoms with Crippen molar-refractivity contribution in [2.24, 2.45) is 17.3 Å². The van der Waals surface area contributed by atoms with Gasteiger partial charge in [-0.15, -0.1) is 0 Å². The Morgan fingerprint density at radius 3 is 2.81 bits per heavy atom. The summed E-state index contributed by atoms with van der Waals surface area (Å²) in [5.41, 5.74) is 7.56. The monoisotopic (exact) mass is 478 g/mol. The van der Waals surface area contributed by atoms with Gasteiger partial charge < -0.3 is 9.80 Å². The van der Waals surface area contributed by atoms with Gasteiger partial charge in [0.05, 0.1) is 11.7 Å². The predicted octanol–water partition coefficient (Wildman–Crippen LogP) is 4.15. The number of nitrogens with zero attached hydrogens (tertiary/aromatic N) is 5. The Labute approximate surface area is 210 Å². The summed E-state index contributed by atoms with van der Waals surface area (Å²) in [6, 6.07) is 6.80. The number of rotatable bonds is 4. The van der Waals surface area contributed by atoms with Crippen LogP contribution >= 0.6 is 0 Å². The molecule has 2 aliphatic carbocycles. The molecule has 2 saturated heterocycles. The number of nitriles is 1. The van der Waals surface area contributed by atoms with Gasteiger partial charge in [-0.2, -0.15) is 10.4 Å². The van der Waals surface area contributed by atoms with Crippen LogP contribution in [0.15, 0.2) is 31.0 Å². The van der Waals surface area contributed by atoms with Gasteiger partial charge in [-0.3, -0.25) is 9.89 Å². The number of pyridine rings is 1. The summed E-state index contributed by atoms with van der Waals surface area (Å²) in [7, 11) is 0. The summed E-state index contributed by atoms with van der Waals surface area (Å²) in [4.78, 5) is 21.5. The maximum absolute atomic E-state index is 12.1. The number of fused-ring (bicyclic) bond motifs is 2. The topological polar surface area (TPSA) is 88.9 Å². The number of hydrogen-bond acceptors (Lipinski definition) is 5. The molecule has 1 amide bonds. The number of nitrogens with one attached hydrogen (secondary N) is 1. The van der Waals surface area contributed by atoms with Crippen LogP contribution in [-0.4, -0.2) is 52.2 Å². The maximum Gasteiger partial charge on any atom is 0.245 e. The van der Waals surface area contributed by atoms with Crippen LogP contribution < -0.4 is 4.90 Å². The lowest BCUT2D eigenvalue weighted by atomic mass is 9.79. The first kappa shape index (κ1) is 21.6. The molecule has 3 aromatic rings. The van der Waals surface area contributed by atoms with Gasteiger partial charge in [0.1, 0.15) is 17.5 Å². The van der Waals surface area contributed by atoms with E-state index in [2.05, 4.69) is 46.8 Å². The molecule has 0 bridgehead atoms. The zero-order valence-electron chi connectivity index (χ0n) is 20.7. The molecule has 7 heteroatoms. The predicted molar refractivity (Wildman–Crippen MR) is 138 cm³/mol. The summed E-state index contributed by atoms with van der Waals surface area (Å²) < 4.78 is 0. The molecule has 7 nitrogen and oxygen atoms in total. The van der Waals surface area contributed by atoms with Gasteiger partial charge in [0, 0.05) is 48.2 Å². The highest BCUT2D eigenvalue weighted by atomic mass is 16.2. The number of aromatic nitrogens is 3. The van der Waals surface area contributed by atoms with E-state index >= 15 is 0 Å². The van der Waals surface area contributed by atoms with Crippen molar-refractivity contribution in [1.29, 1.82) is 5.26 Å². The van der Waals surface area contributed by atoms with Gasteiger partial charge in [0.25, 0.3) is 0 Å². The van der Waals surface area contributed by atoms with Gasteiger partial charge in [-0.25, -0.2) is 4.98 Å². The Morgan fingerprint density at radius 1 is 1.22 bits per heavy atom. The smallest absolute Gasteiger partial charge is 0.245 e. The van der Waals surface area contributed by atoms with Crippen molar-refractivity contribution in [1.82, 2.24) is 20.1 Å². The fraction of sp³-hybridized carbons (Fsp3) is 0.448. The van der Waals surface area contributed by atoms with E-state index < -0.39 is 0 Å². The number of aromatic amines is 1. The molecular weight excluding hydrogens is 448 g/mol. The number of carbonyl (C=O) groups excluding carboxylic acids is 1. The molecule has 1 saturated carbocycles. The Morgan fingerprint density at radius 2 is 2.06 bits per heavy atom. The molecule has 1 spiro atoms. The molecule has 3 fully saturated rings. The zero-order chi connectivity index (χ0) is 24.6. The van der Waals surface area contributed by atoms with E-state index in [0.29, 0.717) is 11.5 Å². The van der Waals surface area contributed by atoms with Crippen LogP contribution in [0, 0.1) is 35.5 Å². The van der Waals surface area contributed by atoms with Crippen molar-refractivity contribution in [3.8, 4) is 17.2 Å². The second kappa shape index (κ2) is 7.67. The highest BCUT2D eigenvalue weighted by molar-refractivity contribution is 5.99. The van der Waals surface area contributed by atoms with Gasteiger partial charge in [0.2, 0.25) is 5.91 Å². The first-order chi connectivity index (χ1) is 17.5. The van der Waals surface area contributed by atoms with E-state index in [-0.39, 0.29) is 11.3 Å². The number of amides is 1. The lowest BCUT2D eigenvalue weighted by Gasteiger charge is -2.47. The third-order valence-electron chi connectivity index (χ3n) is 9.05. The van der Waals surface area contributed by atoms with Gasteiger partial charge in [-0.1, -0.05) is 12.6 Å². The molecule has 36 heavy (non-hydrogen) atoms. The first-order valence-corrected chi connectivity index (χ1v) is 13.1. The largest absolute Gasteiger partial charge is 0.355 e. The Hall–Kier alpha value is -3.66. The third kappa shape index (κ3) is 3.13. The number of aryl methyl sites for hydroxylation is 1. The van der Waals surface area contributed by atoms with Crippen LogP contribution in [0.2, 0.25) is 0 Å². The van der Waals surface area contributed by atoms with Gasteiger partial charge in [0.15, 0.2) is 0 Å². The average molecular weight is 479 g/mol. The van der Waals surface area contributed by atoms with Crippen molar-refractivity contribution < 1.29 is 4.79 Å². The van der Waals surface area contributed by atoms with E-state index in [9.17, 15) is 10.1 Å². The van der Waals surface area contributed by atoms with E-state index in [4.69, 9.17) is 4.98 Å². The zero-order valence-corrected chi connectivity index (χ0v) is 20.7. The number of H-pyrrole nitrogens is 1. The second-order valence-electron chi connectivity index (χ2n) is 11.4. The molecule has 2 aliphatic heterocycles. The van der Waals surface area contributed by atoms with Crippen molar-refractivity contribution in [2.45, 2.75) is 39.0 Å². The van der Waals surface area contributed by atoms with E-state index in [1.165, 1.54) is 30.2 Å². The summed E-state index contributed by atoms with van der Waals surface area (Å²) in [5.74, 6) is 2.26. The minimum absolute atomic E-state index is 0.00419. The van der Waals surface area contributed by atoms with E-state index in [1.807, 2.05) is 11.1 Å². The van der Waals surface area contributed by atoms with E-state index in [0.717, 1.165) is 84.8 Å². The van der Waals surface area contributed by atoms with Crippen molar-refractivity contribution in [2.75, 3.05) is 31.1 Å². The van der Waals surface area contributed by atoms with Crippen LogP contribution in [0.5, 0.6) is 0 Å². The summed E-state index contributed by atoms with van der Waals surface area (Å²) in [6.45, 7) is 8.96. The van der Waals surface area contributed by atoms with Crippen LogP contribution in [0.25, 0.3) is 22.0 Å². The van der Waals surface area contributed by atoms with Crippen LogP contribution in [-0.2, 0) is 17.6 Å². The van der Waals surface area contributed by atoms with Crippen LogP contribution in [0.3, 0.4) is 0 Å². The lowest BCUT2D eigenvalue weighted by Crippen LogP contribution is -2.59. The number of hydrogen-bond donors (Lipinski definition) is 1. The molecule has 1 aromatic carbocycles. The molecule has 182 valence electrons. The van der Waals surface area contributed by atoms with Crippen molar-refractivity contribution >= 4 is 22.6 Å². The molecule has 4 heterocycles. The highest BCUT2D eigenvalue weighted by Crippen LogP contribution is 2.50. The SMILES string of the molecule is C=CC(=O)N1CC2(CCN(c3nc4c(c(-c5c(C)ccc6[nH]ncc56)c3C#N)C[C@@H](C3CC3)C4)C2)C1. The fourth-order valence-corrected chi connectivity index (χ4v) is 7.02. The standard InChI is InChI=1S/C29H30N6O/c1-3-25(36)35-15-29(16-35)8-9-34(14-29)28-21(12-30)27(20-10-19(18-5-6-18)11-24(20)32-28)26-17(2)4-7-23-22(26)13-31-33-23/h3-4,7,13,18-19H,1,5-6,8-11,14-16H2,2H3,(H,31,33)/t19-/m1/s1. The normalized spacial score (nSPS) is 22.1. The molecular formula is C29H30N6O. The first-order valence-electron chi connectivity index (χ1n) is 13.1. The minimum Gasteiger partial charge on any atom is -0.355 e. The number of carbonyl (C=O) groups is 1. The molecule has 2 aromatic heterocycles. The maximum atomic E-state index is 12.1. The Bertz CT molecular complexity index is 1470. The fourth-order valence-electron chi connectivity index (χ4n) is 7.02. The molecule has 1 atom stereocenters. The van der Waals surface area contributed by atoms with Crippen molar-refractivity contribution in [3.63, 3.8) is 0 Å². The third-order valence-corrected chi connectivity index (χ3v) is 9.05. The molecule has 1 N–H and O–H groups in total. The number of anilines is 1. The van der Waals surface area contributed by atoms with Crippen LogP contribution in [0.1, 0.15) is 41.6 Å². The molecule has 4 aliphatic rings. The minimum atomic E-state index is 0.00419. The summed E-state index contributed by atoms with van der Waals surface area (Å²) in [6.07, 6.45) is 8.95. The molecule has 7 rings (SSSR count). The van der Waals surface area contributed by atoms with E-state index in [1.54, 1.807) is 0 Å².